The van der Waals surface area contributed by atoms with Crippen LogP contribution in [0.1, 0.15) is 19.4 Å². The lowest BCUT2D eigenvalue weighted by atomic mass is 9.84. The van der Waals surface area contributed by atoms with Gasteiger partial charge in [0.2, 0.25) is 0 Å². The second-order valence-corrected chi connectivity index (χ2v) is 8.19. The maximum atomic E-state index is 10.4. The first-order valence-corrected chi connectivity index (χ1v) is 9.64. The van der Waals surface area contributed by atoms with Gasteiger partial charge < -0.3 is 9.47 Å². The van der Waals surface area contributed by atoms with E-state index >= 15 is 0 Å². The van der Waals surface area contributed by atoms with Gasteiger partial charge in [0.25, 0.3) is 5.84 Å². The Balaban J connectivity index is 1.65. The number of nitrogens with one attached hydrogen (secondary N) is 1. The number of ether oxygens (including phenoxy) is 2. The van der Waals surface area contributed by atoms with Crippen LogP contribution in [0.3, 0.4) is 0 Å². The van der Waals surface area contributed by atoms with E-state index in [2.05, 4.69) is 17.1 Å². The molecule has 2 aliphatic heterocycles. The van der Waals surface area contributed by atoms with E-state index < -0.39 is 22.2 Å². The van der Waals surface area contributed by atoms with E-state index in [1.807, 2.05) is 68.4 Å². The Hall–Kier alpha value is -3.19. The van der Waals surface area contributed by atoms with Gasteiger partial charge in [0, 0.05) is 0 Å². The van der Waals surface area contributed by atoms with Gasteiger partial charge in [-0.15, -0.1) is 0 Å². The third-order valence-electron chi connectivity index (χ3n) is 6.99. The van der Waals surface area contributed by atoms with E-state index in [1.54, 1.807) is 0 Å². The maximum Gasteiger partial charge on any atom is 0.344 e. The fourth-order valence-electron chi connectivity index (χ4n) is 5.56. The Morgan fingerprint density at radius 2 is 1.69 bits per heavy atom. The molecule has 0 radical (unpaired) electrons. The van der Waals surface area contributed by atoms with Crippen molar-refractivity contribution in [2.45, 2.75) is 31.3 Å². The van der Waals surface area contributed by atoms with Crippen LogP contribution in [0, 0.1) is 33.5 Å². The smallest absolute Gasteiger partial charge is 0.311 e. The van der Waals surface area contributed by atoms with Crippen LogP contribution < -0.4 is 10.7 Å². The van der Waals surface area contributed by atoms with E-state index in [1.165, 1.54) is 0 Å². The molecule has 6 heteroatoms. The van der Waals surface area contributed by atoms with Crippen molar-refractivity contribution in [3.63, 3.8) is 0 Å². The molecule has 1 spiro atoms. The van der Waals surface area contributed by atoms with Crippen molar-refractivity contribution in [3.8, 4) is 23.3 Å². The number of hydrogen-bond acceptors (Lipinski definition) is 5. The van der Waals surface area contributed by atoms with Crippen molar-refractivity contribution in [2.75, 3.05) is 6.61 Å². The Morgan fingerprint density at radius 1 is 1.03 bits per heavy atom. The Bertz CT molecular complexity index is 1120. The molecule has 0 aromatic heterocycles. The summed E-state index contributed by atoms with van der Waals surface area (Å²) in [6.07, 6.45) is -0.208. The Kier molecular flexibility index (Phi) is 3.36. The molecule has 0 bridgehead atoms. The van der Waals surface area contributed by atoms with Crippen LogP contribution in [0.25, 0.3) is 11.1 Å². The normalized spacial score (nSPS) is 39.4. The van der Waals surface area contributed by atoms with E-state index in [4.69, 9.17) is 15.2 Å². The number of benzene rings is 2. The topological polar surface area (TPSA) is 106 Å². The van der Waals surface area contributed by atoms with Gasteiger partial charge in [-0.3, -0.25) is 5.73 Å². The van der Waals surface area contributed by atoms with Crippen LogP contribution in [0.5, 0.6) is 0 Å². The predicted octanol–water partition coefficient (Wildman–Crippen LogP) is 1.19. The minimum atomic E-state index is -1.42. The van der Waals surface area contributed by atoms with Crippen LogP contribution in [0.2, 0.25) is 0 Å². The molecule has 3 aliphatic rings. The van der Waals surface area contributed by atoms with Crippen LogP contribution >= 0.6 is 0 Å². The molecule has 2 aromatic rings. The molecular formula is C23H21N4O2+. The zero-order valence-corrected chi connectivity index (χ0v) is 16.3. The Labute approximate surface area is 169 Å². The molecule has 2 fully saturated rings. The summed E-state index contributed by atoms with van der Waals surface area (Å²) in [6.45, 7) is 4.11. The number of nitrogens with two attached hydrogens (primary N) is 1. The summed E-state index contributed by atoms with van der Waals surface area (Å²) in [7, 11) is 0. The van der Waals surface area contributed by atoms with Crippen molar-refractivity contribution in [3.05, 3.63) is 60.2 Å². The molecule has 29 heavy (non-hydrogen) atoms. The van der Waals surface area contributed by atoms with E-state index in [0.29, 0.717) is 6.61 Å². The molecule has 144 valence electrons. The predicted molar refractivity (Wildman–Crippen MR) is 105 cm³/mol. The first-order valence-electron chi connectivity index (χ1n) is 9.64. The minimum Gasteiger partial charge on any atom is -0.311 e. The summed E-state index contributed by atoms with van der Waals surface area (Å²) in [5.74, 6) is -1.20. The second-order valence-electron chi connectivity index (χ2n) is 8.19. The lowest BCUT2D eigenvalue weighted by Gasteiger charge is -2.27. The number of nitriles is 2. The summed E-state index contributed by atoms with van der Waals surface area (Å²) in [4.78, 5) is 3.01. The maximum absolute atomic E-state index is 10.4. The van der Waals surface area contributed by atoms with Gasteiger partial charge in [0.05, 0.1) is 30.3 Å². The lowest BCUT2D eigenvalue weighted by molar-refractivity contribution is -0.679. The standard InChI is InChI=1S/C23H20N4O2/c1-15-12-28-23(29-15)22(14-25)20(2,21(22,13-24)19(26)27-23)18-10-8-17(9-11-18)16-6-4-3-5-7-16/h3-11,15H,12H2,1-2H3,(H2,26,27)/p+1/t15-,20-,21-,22+,23-/m0/s1. The van der Waals surface area contributed by atoms with Gasteiger partial charge >= 0.3 is 5.91 Å². The van der Waals surface area contributed by atoms with Crippen molar-refractivity contribution in [1.82, 2.24) is 0 Å². The third kappa shape index (κ3) is 1.71. The second kappa shape index (κ2) is 5.45. The summed E-state index contributed by atoms with van der Waals surface area (Å²) in [5, 5.41) is 20.6. The van der Waals surface area contributed by atoms with Crippen molar-refractivity contribution >= 4 is 5.84 Å². The summed E-state index contributed by atoms with van der Waals surface area (Å²) < 4.78 is 12.0. The quantitative estimate of drug-likeness (QED) is 0.808. The average molecular weight is 385 g/mol. The van der Waals surface area contributed by atoms with Gasteiger partial charge in [-0.25, -0.2) is 4.99 Å². The number of rotatable bonds is 2. The molecule has 1 saturated heterocycles. The zero-order chi connectivity index (χ0) is 20.5. The average Bonchev–Trinajstić information content (AvgIpc) is 2.92. The minimum absolute atomic E-state index is 0.208. The molecule has 3 N–H and O–H groups in total. The van der Waals surface area contributed by atoms with Gasteiger partial charge in [-0.1, -0.05) is 61.5 Å². The molecule has 0 amide bonds. The molecule has 2 aromatic carbocycles. The van der Waals surface area contributed by atoms with Crippen LogP contribution in [-0.4, -0.2) is 24.5 Å². The molecule has 5 rings (SSSR count). The van der Waals surface area contributed by atoms with Crippen molar-refractivity contribution < 1.29 is 14.5 Å². The highest BCUT2D eigenvalue weighted by Crippen LogP contribution is 2.82. The monoisotopic (exact) mass is 385 g/mol. The van der Waals surface area contributed by atoms with E-state index in [-0.39, 0.29) is 11.9 Å². The number of nitrogens with zero attached hydrogens (tertiary/aromatic N) is 2. The highest BCUT2D eigenvalue weighted by Gasteiger charge is 3.03. The highest BCUT2D eigenvalue weighted by atomic mass is 16.8. The highest BCUT2D eigenvalue weighted by molar-refractivity contribution is 5.97. The number of amidine groups is 1. The molecule has 1 aliphatic carbocycles. The number of hydrogen-bond donors (Lipinski definition) is 2. The van der Waals surface area contributed by atoms with Gasteiger partial charge in [-0.05, 0) is 23.6 Å². The van der Waals surface area contributed by atoms with Crippen molar-refractivity contribution in [1.29, 1.82) is 10.5 Å². The molecular weight excluding hydrogens is 364 g/mol. The summed E-state index contributed by atoms with van der Waals surface area (Å²) in [6, 6.07) is 22.7. The molecule has 5 atom stereocenters. The van der Waals surface area contributed by atoms with E-state index in [0.717, 1.165) is 16.7 Å². The molecule has 1 saturated carbocycles. The van der Waals surface area contributed by atoms with Gasteiger partial charge in [0.1, 0.15) is 0 Å². The first-order chi connectivity index (χ1) is 13.9. The lowest BCUT2D eigenvalue weighted by Crippen LogP contribution is -2.90. The molecule has 6 nitrogen and oxygen atoms in total. The van der Waals surface area contributed by atoms with Crippen LogP contribution in [0.15, 0.2) is 54.6 Å². The number of fused-ring (bicyclic) bond motifs is 2. The van der Waals surface area contributed by atoms with Crippen LogP contribution in [-0.2, 0) is 14.9 Å². The SMILES string of the molecule is C[C@H]1CO[C@]2([NH+]=C(N)[C@@]3(C#N)[C@](C)(c4ccc(-c5ccccc5)cc4)[C@@]23C#N)O1. The zero-order valence-electron chi connectivity index (χ0n) is 16.3. The van der Waals surface area contributed by atoms with Crippen LogP contribution in [0.4, 0.5) is 0 Å². The fraction of sp³-hybridized carbons (Fsp3) is 0.348. The first kappa shape index (κ1) is 17.9. The Morgan fingerprint density at radius 3 is 2.24 bits per heavy atom. The molecule has 2 heterocycles. The van der Waals surface area contributed by atoms with Gasteiger partial charge in [-0.2, -0.15) is 10.5 Å². The largest absolute Gasteiger partial charge is 0.344 e. The third-order valence-corrected chi connectivity index (χ3v) is 6.99. The molecule has 0 unspecified atom stereocenters. The fourth-order valence-corrected chi connectivity index (χ4v) is 5.56. The summed E-state index contributed by atoms with van der Waals surface area (Å²) in [5.41, 5.74) is 5.95. The summed E-state index contributed by atoms with van der Waals surface area (Å²) >= 11 is 0. The van der Waals surface area contributed by atoms with Gasteiger partial charge in [0.15, 0.2) is 10.8 Å². The van der Waals surface area contributed by atoms with E-state index in [9.17, 15) is 10.5 Å². The van der Waals surface area contributed by atoms with Crippen molar-refractivity contribution in [2.24, 2.45) is 16.6 Å².